The van der Waals surface area contributed by atoms with Crippen molar-refractivity contribution in [1.82, 2.24) is 0 Å². The Bertz CT molecular complexity index is 3900. The van der Waals surface area contributed by atoms with Crippen LogP contribution >= 0.6 is 0 Å². The first-order chi connectivity index (χ1) is 30.1. The summed E-state index contributed by atoms with van der Waals surface area (Å²) in [6.07, 6.45) is 0. The van der Waals surface area contributed by atoms with Gasteiger partial charge in [-0.2, -0.15) is 0 Å². The van der Waals surface area contributed by atoms with E-state index in [1.54, 1.807) is 0 Å². The Morgan fingerprint density at radius 3 is 1.59 bits per heavy atom. The molecule has 250 valence electrons. The maximum atomic E-state index is 9.49. The van der Waals surface area contributed by atoms with Gasteiger partial charge in [-0.25, -0.2) is 0 Å². The zero-order valence-corrected chi connectivity index (χ0v) is 28.5. The SMILES string of the molecule is [2H]c1c([2H])c([2H])c2c(-c3ccc(-c4ccc5c(c4)oc4ccc6oc7ccccc7c6c45)c4ccccc34)c3c([2H])c([2H])c([2H])c([2H])c3c(-c3ccc4ccccc4c3)c2c1[2H]. The molecule has 0 aliphatic carbocycles. The van der Waals surface area contributed by atoms with Gasteiger partial charge in [-0.05, 0) is 113 Å². The van der Waals surface area contributed by atoms with E-state index in [0.717, 1.165) is 71.0 Å². The van der Waals surface area contributed by atoms with Crippen LogP contribution < -0.4 is 0 Å². The van der Waals surface area contributed by atoms with Gasteiger partial charge in [0.25, 0.3) is 0 Å². The van der Waals surface area contributed by atoms with E-state index in [9.17, 15) is 5.48 Å². The van der Waals surface area contributed by atoms with E-state index in [2.05, 4.69) is 18.2 Å². The molecule has 0 saturated heterocycles. The van der Waals surface area contributed by atoms with Crippen molar-refractivity contribution in [3.8, 4) is 33.4 Å². The quantitative estimate of drug-likeness (QED) is 0.172. The molecule has 0 unspecified atom stereocenters. The van der Waals surface area contributed by atoms with Crippen LogP contribution in [-0.4, -0.2) is 0 Å². The van der Waals surface area contributed by atoms with Crippen molar-refractivity contribution in [2.45, 2.75) is 0 Å². The topological polar surface area (TPSA) is 26.3 Å². The Kier molecular flexibility index (Phi) is 4.70. The maximum absolute atomic E-state index is 9.49. The van der Waals surface area contributed by atoms with Crippen LogP contribution in [0, 0.1) is 0 Å². The molecule has 2 heterocycles. The Morgan fingerprint density at radius 1 is 0.333 bits per heavy atom. The van der Waals surface area contributed by atoms with Crippen LogP contribution in [0.5, 0.6) is 0 Å². The second-order valence-electron chi connectivity index (χ2n) is 13.7. The highest BCUT2D eigenvalue weighted by atomic mass is 16.3. The molecule has 0 radical (unpaired) electrons. The third kappa shape index (κ3) is 4.17. The van der Waals surface area contributed by atoms with E-state index in [1.807, 2.05) is 115 Å². The van der Waals surface area contributed by atoms with Crippen molar-refractivity contribution < 1.29 is 19.8 Å². The van der Waals surface area contributed by atoms with E-state index in [0.29, 0.717) is 27.8 Å². The molecule has 0 amide bonds. The zero-order valence-electron chi connectivity index (χ0n) is 36.5. The molecule has 2 nitrogen and oxygen atoms in total. The van der Waals surface area contributed by atoms with Gasteiger partial charge in [0.2, 0.25) is 0 Å². The Hall–Kier alpha value is -7.16. The lowest BCUT2D eigenvalue weighted by atomic mass is 9.83. The number of para-hydroxylation sites is 1. The maximum Gasteiger partial charge on any atom is 0.136 e. The summed E-state index contributed by atoms with van der Waals surface area (Å²) < 4.78 is 86.1. The molecule has 54 heavy (non-hydrogen) atoms. The fourth-order valence-corrected chi connectivity index (χ4v) is 8.55. The van der Waals surface area contributed by atoms with Crippen molar-refractivity contribution in [2.75, 3.05) is 0 Å². The smallest absolute Gasteiger partial charge is 0.136 e. The van der Waals surface area contributed by atoms with E-state index in [1.165, 1.54) is 0 Å². The van der Waals surface area contributed by atoms with Gasteiger partial charge >= 0.3 is 0 Å². The summed E-state index contributed by atoms with van der Waals surface area (Å²) in [7, 11) is 0. The van der Waals surface area contributed by atoms with Gasteiger partial charge < -0.3 is 8.83 Å². The standard InChI is InChI=1S/C52H30O2/c1-2-12-32-29-34(22-21-31(32)11-1)49-38-15-5-7-17-40(38)50(41-18-8-6-16-39(41)49)42-26-25-35(36-13-3-4-14-37(36)42)33-23-24-44-48(30-33)54-47-28-27-46-51(52(44)47)43-19-9-10-20-45(43)53-46/h1-30H/i5D,6D,7D,8D,15D,16D,17D,18D. The van der Waals surface area contributed by atoms with Crippen LogP contribution in [0.1, 0.15) is 11.0 Å². The fraction of sp³-hybridized carbons (Fsp3) is 0. The van der Waals surface area contributed by atoms with Crippen LogP contribution in [0.4, 0.5) is 0 Å². The predicted molar refractivity (Wildman–Crippen MR) is 227 cm³/mol. The first-order valence-corrected chi connectivity index (χ1v) is 17.8. The monoisotopic (exact) mass is 694 g/mol. The van der Waals surface area contributed by atoms with Gasteiger partial charge in [0.05, 0.1) is 11.0 Å². The van der Waals surface area contributed by atoms with Crippen LogP contribution in [0.3, 0.4) is 0 Å². The number of benzene rings is 10. The molecule has 10 aromatic carbocycles. The highest BCUT2D eigenvalue weighted by molar-refractivity contribution is 6.27. The average molecular weight is 695 g/mol. The van der Waals surface area contributed by atoms with Crippen molar-refractivity contribution in [3.05, 3.63) is 182 Å². The van der Waals surface area contributed by atoms with E-state index in [-0.39, 0.29) is 45.7 Å². The first kappa shape index (κ1) is 22.7. The number of rotatable bonds is 3. The molecule has 12 rings (SSSR count). The Morgan fingerprint density at radius 2 is 0.870 bits per heavy atom. The number of furan rings is 2. The molecule has 0 atom stereocenters. The fourth-order valence-electron chi connectivity index (χ4n) is 8.55. The number of fused-ring (bicyclic) bond motifs is 11. The van der Waals surface area contributed by atoms with E-state index >= 15 is 0 Å². The molecular formula is C52H30O2. The molecule has 0 aliphatic heterocycles. The van der Waals surface area contributed by atoms with Gasteiger partial charge in [-0.1, -0.05) is 145 Å². The van der Waals surface area contributed by atoms with Gasteiger partial charge in [0.15, 0.2) is 0 Å². The predicted octanol–water partition coefficient (Wildman–Crippen LogP) is 15.1. The van der Waals surface area contributed by atoms with E-state index in [4.69, 9.17) is 14.3 Å². The second kappa shape index (κ2) is 11.2. The highest BCUT2D eigenvalue weighted by Gasteiger charge is 2.20. The molecule has 12 aromatic rings. The largest absolute Gasteiger partial charge is 0.456 e. The molecule has 0 bridgehead atoms. The molecule has 0 fully saturated rings. The molecular weight excluding hydrogens is 657 g/mol. The normalized spacial score (nSPS) is 14.1. The minimum Gasteiger partial charge on any atom is -0.456 e. The number of hydrogen-bond donors (Lipinski definition) is 0. The minimum absolute atomic E-state index is 0.177. The summed E-state index contributed by atoms with van der Waals surface area (Å²) in [5.74, 6) is 0. The molecule has 0 saturated carbocycles. The highest BCUT2D eigenvalue weighted by Crippen LogP contribution is 2.47. The first-order valence-electron chi connectivity index (χ1n) is 21.8. The van der Waals surface area contributed by atoms with Crippen LogP contribution in [-0.2, 0) is 0 Å². The van der Waals surface area contributed by atoms with Crippen LogP contribution in [0.15, 0.2) is 191 Å². The Balaban J connectivity index is 1.17. The molecule has 0 spiro atoms. The van der Waals surface area contributed by atoms with E-state index < -0.39 is 24.2 Å². The van der Waals surface area contributed by atoms with Crippen LogP contribution in [0.2, 0.25) is 0 Å². The van der Waals surface area contributed by atoms with Gasteiger partial charge in [-0.3, -0.25) is 0 Å². The summed E-state index contributed by atoms with van der Waals surface area (Å²) in [6.45, 7) is 0. The van der Waals surface area contributed by atoms with Crippen molar-refractivity contribution in [2.24, 2.45) is 0 Å². The third-order valence-electron chi connectivity index (χ3n) is 10.9. The lowest BCUT2D eigenvalue weighted by Gasteiger charge is -2.20. The molecule has 2 heteroatoms. The lowest BCUT2D eigenvalue weighted by Crippen LogP contribution is -1.92. The summed E-state index contributed by atoms with van der Waals surface area (Å²) in [4.78, 5) is 0. The van der Waals surface area contributed by atoms with Crippen molar-refractivity contribution in [3.63, 3.8) is 0 Å². The summed E-state index contributed by atoms with van der Waals surface area (Å²) in [5.41, 5.74) is 6.59. The van der Waals surface area contributed by atoms with Crippen molar-refractivity contribution in [1.29, 1.82) is 0 Å². The minimum atomic E-state index is -0.436. The third-order valence-corrected chi connectivity index (χ3v) is 10.9. The van der Waals surface area contributed by atoms with Gasteiger partial charge in [-0.15, -0.1) is 0 Å². The second-order valence-corrected chi connectivity index (χ2v) is 13.7. The summed E-state index contributed by atoms with van der Waals surface area (Å²) >= 11 is 0. The van der Waals surface area contributed by atoms with Gasteiger partial charge in [0, 0.05) is 21.5 Å². The molecule has 0 N–H and O–H groups in total. The van der Waals surface area contributed by atoms with Crippen LogP contribution in [0.25, 0.3) is 120 Å². The number of hydrogen-bond acceptors (Lipinski definition) is 2. The Labute approximate surface area is 321 Å². The summed E-state index contributed by atoms with van der Waals surface area (Å²) in [5, 5.41) is 8.08. The zero-order chi connectivity index (χ0) is 42.3. The average Bonchev–Trinajstić information content (AvgIpc) is 3.87. The summed E-state index contributed by atoms with van der Waals surface area (Å²) in [6, 6.07) is 40.2. The molecule has 2 aromatic heterocycles. The lowest BCUT2D eigenvalue weighted by molar-refractivity contribution is 0.663. The molecule has 0 aliphatic rings. The van der Waals surface area contributed by atoms with Gasteiger partial charge in [0.1, 0.15) is 22.3 Å². The van der Waals surface area contributed by atoms with Crippen molar-refractivity contribution >= 4 is 87.0 Å².